The molecular formula is C29H41F3S. The standard InChI is InChI=1S/C29H41F3S/c1-27-16-4-3-7-20(27)11-13-24-25-14-12-21(28(25,2)17-15-26(24)27)9-6-18-33-23-10-5-8-22(19-23)29(30,31)32/h5,8,10,19-21,24-26H,3-4,6-7,9,11-18H2,1-2H3. The number of thioether (sulfide) groups is 1. The van der Waals surface area contributed by atoms with Gasteiger partial charge in [-0.05, 0) is 129 Å². The van der Waals surface area contributed by atoms with Crippen molar-refractivity contribution in [2.45, 2.75) is 102 Å². The summed E-state index contributed by atoms with van der Waals surface area (Å²) in [6.07, 6.45) is 12.6. The molecule has 0 heterocycles. The first-order valence-corrected chi connectivity index (χ1v) is 14.5. The van der Waals surface area contributed by atoms with E-state index in [1.807, 2.05) is 6.07 Å². The minimum absolute atomic E-state index is 0.500. The van der Waals surface area contributed by atoms with Crippen molar-refractivity contribution in [3.8, 4) is 0 Å². The maximum Gasteiger partial charge on any atom is 0.416 e. The monoisotopic (exact) mass is 478 g/mol. The van der Waals surface area contributed by atoms with Gasteiger partial charge in [-0.25, -0.2) is 0 Å². The summed E-state index contributed by atoms with van der Waals surface area (Å²) in [6.45, 7) is 5.27. The van der Waals surface area contributed by atoms with E-state index in [2.05, 4.69) is 13.8 Å². The van der Waals surface area contributed by atoms with Crippen molar-refractivity contribution >= 4 is 11.8 Å². The highest BCUT2D eigenvalue weighted by Crippen LogP contribution is 2.67. The Morgan fingerprint density at radius 2 is 1.73 bits per heavy atom. The van der Waals surface area contributed by atoms with Crippen LogP contribution < -0.4 is 0 Å². The van der Waals surface area contributed by atoms with Gasteiger partial charge in [0.15, 0.2) is 0 Å². The van der Waals surface area contributed by atoms with E-state index in [0.717, 1.165) is 46.7 Å². The zero-order valence-corrected chi connectivity index (χ0v) is 21.2. The van der Waals surface area contributed by atoms with E-state index in [9.17, 15) is 13.2 Å². The summed E-state index contributed by atoms with van der Waals surface area (Å²) in [7, 11) is 0. The topological polar surface area (TPSA) is 0 Å². The largest absolute Gasteiger partial charge is 0.416 e. The fraction of sp³-hybridized carbons (Fsp3) is 0.793. The van der Waals surface area contributed by atoms with Gasteiger partial charge in [0.25, 0.3) is 0 Å². The zero-order chi connectivity index (χ0) is 23.3. The van der Waals surface area contributed by atoms with Crippen LogP contribution in [-0.4, -0.2) is 5.75 Å². The molecule has 7 atom stereocenters. The van der Waals surface area contributed by atoms with Crippen LogP contribution in [0.5, 0.6) is 0 Å². The Balaban J connectivity index is 1.17. The summed E-state index contributed by atoms with van der Waals surface area (Å²) >= 11 is 1.59. The van der Waals surface area contributed by atoms with Gasteiger partial charge in [-0.15, -0.1) is 11.8 Å². The van der Waals surface area contributed by atoms with Crippen molar-refractivity contribution in [3.05, 3.63) is 29.8 Å². The first kappa shape index (κ1) is 24.1. The average Bonchev–Trinajstić information content (AvgIpc) is 3.12. The summed E-state index contributed by atoms with van der Waals surface area (Å²) in [4.78, 5) is 0.748. The first-order chi connectivity index (χ1) is 15.7. The molecule has 0 bridgehead atoms. The van der Waals surface area contributed by atoms with E-state index >= 15 is 0 Å². The van der Waals surface area contributed by atoms with Crippen molar-refractivity contribution in [2.75, 3.05) is 5.75 Å². The number of benzene rings is 1. The van der Waals surface area contributed by atoms with Crippen LogP contribution in [0.3, 0.4) is 0 Å². The molecule has 0 amide bonds. The van der Waals surface area contributed by atoms with Crippen molar-refractivity contribution < 1.29 is 13.2 Å². The summed E-state index contributed by atoms with van der Waals surface area (Å²) in [6, 6.07) is 5.83. The highest BCUT2D eigenvalue weighted by Gasteiger charge is 2.59. The first-order valence-electron chi connectivity index (χ1n) is 13.5. The van der Waals surface area contributed by atoms with Crippen molar-refractivity contribution in [3.63, 3.8) is 0 Å². The molecule has 4 aliphatic rings. The minimum Gasteiger partial charge on any atom is -0.166 e. The van der Waals surface area contributed by atoms with E-state index in [1.54, 1.807) is 11.8 Å². The van der Waals surface area contributed by atoms with Crippen LogP contribution in [0, 0.1) is 40.4 Å². The normalized spacial score (nSPS) is 40.7. The van der Waals surface area contributed by atoms with Crippen molar-refractivity contribution in [2.24, 2.45) is 40.4 Å². The molecule has 0 aliphatic heterocycles. The van der Waals surface area contributed by atoms with Crippen LogP contribution >= 0.6 is 11.8 Å². The molecule has 7 unspecified atom stereocenters. The summed E-state index contributed by atoms with van der Waals surface area (Å²) in [5, 5.41) is 0. The number of alkyl halides is 3. The predicted molar refractivity (Wildman–Crippen MR) is 131 cm³/mol. The second kappa shape index (κ2) is 9.10. The molecule has 0 radical (unpaired) electrons. The van der Waals surface area contributed by atoms with Crippen molar-refractivity contribution in [1.82, 2.24) is 0 Å². The molecule has 0 N–H and O–H groups in total. The van der Waals surface area contributed by atoms with E-state index in [1.165, 1.54) is 88.8 Å². The van der Waals surface area contributed by atoms with E-state index in [0.29, 0.717) is 10.8 Å². The molecule has 0 nitrogen and oxygen atoms in total. The molecule has 4 aliphatic carbocycles. The number of rotatable bonds is 5. The molecule has 4 fully saturated rings. The maximum atomic E-state index is 13.0. The van der Waals surface area contributed by atoms with Gasteiger partial charge < -0.3 is 0 Å². The Bertz CT molecular complexity index is 834. The van der Waals surface area contributed by atoms with Crippen LogP contribution in [0.25, 0.3) is 0 Å². The molecule has 4 saturated carbocycles. The number of halogens is 3. The molecule has 1 aromatic carbocycles. The molecule has 33 heavy (non-hydrogen) atoms. The maximum absolute atomic E-state index is 13.0. The molecule has 0 saturated heterocycles. The van der Waals surface area contributed by atoms with Gasteiger partial charge in [-0.3, -0.25) is 0 Å². The van der Waals surface area contributed by atoms with Crippen LogP contribution in [0.4, 0.5) is 13.2 Å². The SMILES string of the molecule is CC12CCCCC1CCC1C2CCC2(C)C(CCCSc3cccc(C(F)(F)F)c3)CCC12. The molecular weight excluding hydrogens is 437 g/mol. The zero-order valence-electron chi connectivity index (χ0n) is 20.4. The second-order valence-electron chi connectivity index (χ2n) is 12.2. The van der Waals surface area contributed by atoms with Crippen LogP contribution in [0.15, 0.2) is 29.2 Å². The van der Waals surface area contributed by atoms with Crippen LogP contribution in [0.2, 0.25) is 0 Å². The molecule has 5 rings (SSSR count). The lowest BCUT2D eigenvalue weighted by Gasteiger charge is -2.60. The highest BCUT2D eigenvalue weighted by molar-refractivity contribution is 7.99. The lowest BCUT2D eigenvalue weighted by Crippen LogP contribution is -2.52. The predicted octanol–water partition coefficient (Wildman–Crippen LogP) is 9.63. The Morgan fingerprint density at radius 1 is 0.909 bits per heavy atom. The Hall–Kier alpha value is -0.640. The molecule has 0 aromatic heterocycles. The lowest BCUT2D eigenvalue weighted by atomic mass is 9.45. The smallest absolute Gasteiger partial charge is 0.166 e. The summed E-state index contributed by atoms with van der Waals surface area (Å²) in [5.74, 6) is 5.54. The Morgan fingerprint density at radius 3 is 2.55 bits per heavy atom. The number of hydrogen-bond acceptors (Lipinski definition) is 1. The fourth-order valence-electron chi connectivity index (χ4n) is 9.16. The lowest BCUT2D eigenvalue weighted by molar-refractivity contribution is -0.137. The number of hydrogen-bond donors (Lipinski definition) is 0. The van der Waals surface area contributed by atoms with E-state index in [-0.39, 0.29) is 0 Å². The Labute approximate surface area is 202 Å². The molecule has 1 aromatic rings. The van der Waals surface area contributed by atoms with Gasteiger partial charge in [0, 0.05) is 4.90 Å². The van der Waals surface area contributed by atoms with Gasteiger partial charge >= 0.3 is 6.18 Å². The fourth-order valence-corrected chi connectivity index (χ4v) is 10.1. The minimum atomic E-state index is -4.25. The van der Waals surface area contributed by atoms with E-state index in [4.69, 9.17) is 0 Å². The third-order valence-electron chi connectivity index (χ3n) is 10.9. The number of fused-ring (bicyclic) bond motifs is 5. The van der Waals surface area contributed by atoms with Crippen LogP contribution in [0.1, 0.15) is 96.5 Å². The summed E-state index contributed by atoms with van der Waals surface area (Å²) < 4.78 is 39.0. The summed E-state index contributed by atoms with van der Waals surface area (Å²) in [5.41, 5.74) is 0.582. The Kier molecular flexibility index (Phi) is 6.64. The molecule has 0 spiro atoms. The quantitative estimate of drug-likeness (QED) is 0.300. The third-order valence-corrected chi connectivity index (χ3v) is 12.0. The second-order valence-corrected chi connectivity index (χ2v) is 13.4. The van der Waals surface area contributed by atoms with Gasteiger partial charge in [-0.2, -0.15) is 13.2 Å². The van der Waals surface area contributed by atoms with Gasteiger partial charge in [-0.1, -0.05) is 32.8 Å². The molecule has 4 heteroatoms. The third kappa shape index (κ3) is 4.40. The van der Waals surface area contributed by atoms with Gasteiger partial charge in [0.1, 0.15) is 0 Å². The highest BCUT2D eigenvalue weighted by atomic mass is 32.2. The van der Waals surface area contributed by atoms with Gasteiger partial charge in [0.05, 0.1) is 5.56 Å². The van der Waals surface area contributed by atoms with Gasteiger partial charge in [0.2, 0.25) is 0 Å². The average molecular weight is 479 g/mol. The molecule has 184 valence electrons. The van der Waals surface area contributed by atoms with Crippen LogP contribution in [-0.2, 0) is 6.18 Å². The van der Waals surface area contributed by atoms with Crippen molar-refractivity contribution in [1.29, 1.82) is 0 Å². The van der Waals surface area contributed by atoms with E-state index < -0.39 is 11.7 Å².